The van der Waals surface area contributed by atoms with Gasteiger partial charge in [-0.15, -0.1) is 0 Å². The summed E-state index contributed by atoms with van der Waals surface area (Å²) >= 11 is 0. The molecule has 2 aromatic carbocycles. The predicted octanol–water partition coefficient (Wildman–Crippen LogP) is 4.19. The zero-order valence-electron chi connectivity index (χ0n) is 17.5. The third kappa shape index (κ3) is 4.25. The van der Waals surface area contributed by atoms with Crippen LogP contribution >= 0.6 is 0 Å². The fourth-order valence-electron chi connectivity index (χ4n) is 4.55. The van der Waals surface area contributed by atoms with E-state index in [1.807, 2.05) is 42.2 Å². The van der Waals surface area contributed by atoms with E-state index in [1.165, 1.54) is 6.07 Å². The summed E-state index contributed by atoms with van der Waals surface area (Å²) in [7, 11) is 0. The van der Waals surface area contributed by atoms with Gasteiger partial charge in [0.1, 0.15) is 5.82 Å². The minimum atomic E-state index is -0.613. The second kappa shape index (κ2) is 8.58. The van der Waals surface area contributed by atoms with E-state index in [4.69, 9.17) is 0 Å². The second-order valence-corrected chi connectivity index (χ2v) is 8.63. The van der Waals surface area contributed by atoms with Crippen LogP contribution in [0.15, 0.2) is 48.5 Å². The Morgan fingerprint density at radius 1 is 1.13 bits per heavy atom. The Balaban J connectivity index is 1.56. The Bertz CT molecular complexity index is 923. The van der Waals surface area contributed by atoms with Gasteiger partial charge in [0.2, 0.25) is 11.8 Å². The van der Waals surface area contributed by atoms with Crippen molar-refractivity contribution in [2.75, 3.05) is 19.6 Å². The molecular weight excluding hydrogens is 379 g/mol. The second-order valence-electron chi connectivity index (χ2n) is 8.63. The number of rotatable bonds is 6. The number of nitrogens with zero attached hydrogens (tertiary/aromatic N) is 1. The maximum absolute atomic E-state index is 14.1. The molecule has 5 heteroatoms. The lowest BCUT2D eigenvalue weighted by atomic mass is 9.74. The first kappa shape index (κ1) is 20.6. The minimum absolute atomic E-state index is 0.0245. The third-order valence-electron chi connectivity index (χ3n) is 6.32. The summed E-state index contributed by atoms with van der Waals surface area (Å²) in [5.41, 5.74) is 1.81. The lowest BCUT2D eigenvalue weighted by Crippen LogP contribution is -2.54. The summed E-state index contributed by atoms with van der Waals surface area (Å²) in [4.78, 5) is 27.7. The van der Waals surface area contributed by atoms with Gasteiger partial charge < -0.3 is 10.2 Å². The number of carbonyl (C=O) groups excluding carboxylic acids is 2. The van der Waals surface area contributed by atoms with Crippen LogP contribution in [0.2, 0.25) is 0 Å². The number of carbonyl (C=O) groups is 2. The quantitative estimate of drug-likeness (QED) is 0.779. The SMILES string of the molecule is CCNC(=O)C1(Cc2ccc(-c3ccccc3F)cc2)CCCN(C(=O)C2CC2)C1. The van der Waals surface area contributed by atoms with Crippen LogP contribution in [0.3, 0.4) is 0 Å². The molecule has 0 bridgehead atoms. The number of hydrogen-bond acceptors (Lipinski definition) is 2. The highest BCUT2D eigenvalue weighted by Crippen LogP contribution is 2.38. The molecule has 2 aromatic rings. The standard InChI is InChI=1S/C25H29FN2O2/c1-2-27-24(30)25(14-5-15-28(17-25)23(29)20-12-13-20)16-18-8-10-19(11-9-18)21-6-3-4-7-22(21)26/h3-4,6-11,20H,2,5,12-17H2,1H3,(H,27,30). The first-order valence-corrected chi connectivity index (χ1v) is 10.9. The van der Waals surface area contributed by atoms with Crippen molar-refractivity contribution in [3.05, 3.63) is 59.9 Å². The Labute approximate surface area is 177 Å². The maximum Gasteiger partial charge on any atom is 0.228 e. The molecule has 4 nitrogen and oxygen atoms in total. The van der Waals surface area contributed by atoms with Crippen LogP contribution in [-0.4, -0.2) is 36.3 Å². The van der Waals surface area contributed by atoms with Crippen molar-refractivity contribution in [2.45, 2.75) is 39.0 Å². The molecule has 1 N–H and O–H groups in total. The van der Waals surface area contributed by atoms with Gasteiger partial charge in [-0.1, -0.05) is 42.5 Å². The van der Waals surface area contributed by atoms with E-state index in [-0.39, 0.29) is 23.5 Å². The number of likely N-dealkylation sites (tertiary alicyclic amines) is 1. The summed E-state index contributed by atoms with van der Waals surface area (Å²) in [5, 5.41) is 3.00. The van der Waals surface area contributed by atoms with Gasteiger partial charge in [-0.3, -0.25) is 9.59 Å². The number of nitrogens with one attached hydrogen (secondary N) is 1. The van der Waals surface area contributed by atoms with E-state index < -0.39 is 5.41 Å². The molecule has 1 heterocycles. The van der Waals surface area contributed by atoms with E-state index in [1.54, 1.807) is 12.1 Å². The highest BCUT2D eigenvalue weighted by atomic mass is 19.1. The zero-order valence-corrected chi connectivity index (χ0v) is 17.5. The summed E-state index contributed by atoms with van der Waals surface area (Å²) in [5.74, 6) is 0.149. The maximum atomic E-state index is 14.1. The molecule has 2 amide bonds. The van der Waals surface area contributed by atoms with Gasteiger partial charge in [0, 0.05) is 31.1 Å². The van der Waals surface area contributed by atoms with Crippen molar-refractivity contribution >= 4 is 11.8 Å². The Hall–Kier alpha value is -2.69. The average molecular weight is 409 g/mol. The van der Waals surface area contributed by atoms with Crippen LogP contribution < -0.4 is 5.32 Å². The molecule has 0 aromatic heterocycles. The molecule has 1 aliphatic heterocycles. The number of halogens is 1. The average Bonchev–Trinajstić information content (AvgIpc) is 3.60. The molecule has 0 radical (unpaired) electrons. The summed E-state index contributed by atoms with van der Waals surface area (Å²) in [6.45, 7) is 3.71. The van der Waals surface area contributed by atoms with E-state index in [0.717, 1.165) is 43.4 Å². The minimum Gasteiger partial charge on any atom is -0.356 e. The fourth-order valence-corrected chi connectivity index (χ4v) is 4.55. The van der Waals surface area contributed by atoms with E-state index in [2.05, 4.69) is 5.32 Å². The first-order chi connectivity index (χ1) is 14.5. The number of hydrogen-bond donors (Lipinski definition) is 1. The molecule has 1 aliphatic carbocycles. The van der Waals surface area contributed by atoms with Crippen molar-refractivity contribution in [2.24, 2.45) is 11.3 Å². The van der Waals surface area contributed by atoms with Gasteiger partial charge in [0.05, 0.1) is 5.41 Å². The van der Waals surface area contributed by atoms with Crippen molar-refractivity contribution in [1.82, 2.24) is 10.2 Å². The van der Waals surface area contributed by atoms with Crippen LogP contribution in [-0.2, 0) is 16.0 Å². The topological polar surface area (TPSA) is 49.4 Å². The molecule has 30 heavy (non-hydrogen) atoms. The van der Waals surface area contributed by atoms with Gasteiger partial charge in [0.25, 0.3) is 0 Å². The summed E-state index contributed by atoms with van der Waals surface area (Å²) in [6, 6.07) is 14.5. The van der Waals surface area contributed by atoms with Gasteiger partial charge in [-0.25, -0.2) is 4.39 Å². The third-order valence-corrected chi connectivity index (χ3v) is 6.32. The summed E-state index contributed by atoms with van der Waals surface area (Å²) < 4.78 is 14.1. The van der Waals surface area contributed by atoms with E-state index in [9.17, 15) is 14.0 Å². The fraction of sp³-hybridized carbons (Fsp3) is 0.440. The molecule has 1 saturated carbocycles. The van der Waals surface area contributed by atoms with Gasteiger partial charge >= 0.3 is 0 Å². The Kier molecular flexibility index (Phi) is 5.89. The molecule has 0 spiro atoms. The van der Waals surface area contributed by atoms with Gasteiger partial charge in [-0.05, 0) is 56.2 Å². The van der Waals surface area contributed by atoms with Crippen LogP contribution in [0.1, 0.15) is 38.2 Å². The molecule has 1 unspecified atom stereocenters. The molecule has 1 saturated heterocycles. The van der Waals surface area contributed by atoms with Crippen LogP contribution in [0, 0.1) is 17.2 Å². The molecule has 1 atom stereocenters. The Morgan fingerprint density at radius 3 is 2.53 bits per heavy atom. The summed E-state index contributed by atoms with van der Waals surface area (Å²) in [6.07, 6.45) is 4.12. The van der Waals surface area contributed by atoms with Crippen LogP contribution in [0.25, 0.3) is 11.1 Å². The van der Waals surface area contributed by atoms with Crippen LogP contribution in [0.5, 0.6) is 0 Å². The highest BCUT2D eigenvalue weighted by Gasteiger charge is 2.45. The van der Waals surface area contributed by atoms with Crippen molar-refractivity contribution in [3.63, 3.8) is 0 Å². The van der Waals surface area contributed by atoms with Gasteiger partial charge in [-0.2, -0.15) is 0 Å². The largest absolute Gasteiger partial charge is 0.356 e. The van der Waals surface area contributed by atoms with Crippen molar-refractivity contribution < 1.29 is 14.0 Å². The zero-order chi connectivity index (χ0) is 21.1. The monoisotopic (exact) mass is 408 g/mol. The normalized spacial score (nSPS) is 21.3. The predicted molar refractivity (Wildman–Crippen MR) is 115 cm³/mol. The molecule has 2 aliphatic rings. The lowest BCUT2D eigenvalue weighted by Gasteiger charge is -2.42. The van der Waals surface area contributed by atoms with Crippen molar-refractivity contribution in [1.29, 1.82) is 0 Å². The number of piperidine rings is 1. The smallest absolute Gasteiger partial charge is 0.228 e. The van der Waals surface area contributed by atoms with Gasteiger partial charge in [0.15, 0.2) is 0 Å². The highest BCUT2D eigenvalue weighted by molar-refractivity contribution is 5.86. The molecule has 158 valence electrons. The molecular formula is C25H29FN2O2. The molecule has 4 rings (SSSR count). The van der Waals surface area contributed by atoms with E-state index in [0.29, 0.717) is 25.1 Å². The first-order valence-electron chi connectivity index (χ1n) is 10.9. The Morgan fingerprint density at radius 2 is 1.87 bits per heavy atom. The van der Waals surface area contributed by atoms with Crippen LogP contribution in [0.4, 0.5) is 4.39 Å². The lowest BCUT2D eigenvalue weighted by molar-refractivity contribution is -0.142. The number of amides is 2. The van der Waals surface area contributed by atoms with Crippen molar-refractivity contribution in [3.8, 4) is 11.1 Å². The molecule has 2 fully saturated rings. The van der Waals surface area contributed by atoms with E-state index >= 15 is 0 Å². The number of benzene rings is 2.